The Balaban J connectivity index is 1.69. The lowest BCUT2D eigenvalue weighted by atomic mass is 9.93. The summed E-state index contributed by atoms with van der Waals surface area (Å²) in [7, 11) is 3.90. The van der Waals surface area contributed by atoms with Crippen molar-refractivity contribution in [1.29, 1.82) is 0 Å². The van der Waals surface area contributed by atoms with Gasteiger partial charge in [0.1, 0.15) is 5.76 Å². The molecule has 0 radical (unpaired) electrons. The van der Waals surface area contributed by atoms with Crippen LogP contribution in [0.1, 0.15) is 22.7 Å². The van der Waals surface area contributed by atoms with Gasteiger partial charge >= 0.3 is 0 Å². The number of nitrogens with zero attached hydrogens (tertiary/aromatic N) is 3. The number of ketones is 1. The molecule has 3 aromatic carbocycles. The van der Waals surface area contributed by atoms with Gasteiger partial charge in [0.05, 0.1) is 11.6 Å². The second kappa shape index (κ2) is 9.06. The number of likely N-dealkylation sites (tertiary alicyclic amines) is 1. The highest BCUT2D eigenvalue weighted by atomic mass is 16.3. The number of hydrogen-bond acceptors (Lipinski definition) is 5. The fourth-order valence-electron chi connectivity index (χ4n) is 4.61. The minimum absolute atomic E-state index is 0.0906. The lowest BCUT2D eigenvalue weighted by Crippen LogP contribution is -2.29. The molecule has 5 rings (SSSR count). The van der Waals surface area contributed by atoms with Crippen LogP contribution in [0.15, 0.2) is 96.8 Å². The molecule has 1 amide bonds. The van der Waals surface area contributed by atoms with E-state index >= 15 is 0 Å². The van der Waals surface area contributed by atoms with Crippen LogP contribution in [0.2, 0.25) is 0 Å². The van der Waals surface area contributed by atoms with E-state index in [9.17, 15) is 14.7 Å². The molecule has 35 heavy (non-hydrogen) atoms. The maximum atomic E-state index is 13.4. The summed E-state index contributed by atoms with van der Waals surface area (Å²) >= 11 is 0. The molecule has 2 heterocycles. The lowest BCUT2D eigenvalue weighted by Gasteiger charge is -2.26. The Morgan fingerprint density at radius 3 is 2.40 bits per heavy atom. The molecule has 1 fully saturated rings. The first-order valence-electron chi connectivity index (χ1n) is 11.4. The topological polar surface area (TPSA) is 73.7 Å². The summed E-state index contributed by atoms with van der Waals surface area (Å²) < 4.78 is 0. The molecule has 1 atom stereocenters. The van der Waals surface area contributed by atoms with Gasteiger partial charge in [-0.25, -0.2) is 0 Å². The molecule has 6 heteroatoms. The maximum absolute atomic E-state index is 13.4. The summed E-state index contributed by atoms with van der Waals surface area (Å²) in [5, 5.41) is 13.3. The molecular formula is C29H25N3O3. The smallest absolute Gasteiger partial charge is 0.295 e. The number of anilines is 1. The van der Waals surface area contributed by atoms with Crippen LogP contribution >= 0.6 is 0 Å². The zero-order chi connectivity index (χ0) is 24.5. The van der Waals surface area contributed by atoms with Gasteiger partial charge in [-0.15, -0.1) is 0 Å². The van der Waals surface area contributed by atoms with Crippen LogP contribution in [0.4, 0.5) is 5.69 Å². The largest absolute Gasteiger partial charge is 0.507 e. The molecule has 174 valence electrons. The summed E-state index contributed by atoms with van der Waals surface area (Å²) in [6.07, 6.45) is 3.34. The maximum Gasteiger partial charge on any atom is 0.295 e. The number of carbonyl (C=O) groups is 2. The van der Waals surface area contributed by atoms with Gasteiger partial charge in [-0.2, -0.15) is 0 Å². The number of aliphatic hydroxyl groups excluding tert-OH is 1. The highest BCUT2D eigenvalue weighted by Crippen LogP contribution is 2.41. The number of benzene rings is 3. The van der Waals surface area contributed by atoms with Crippen molar-refractivity contribution >= 4 is 33.9 Å². The Hall–Kier alpha value is -4.45. The normalized spacial score (nSPS) is 17.2. The molecule has 0 aliphatic carbocycles. The van der Waals surface area contributed by atoms with E-state index < -0.39 is 17.7 Å². The highest BCUT2D eigenvalue weighted by molar-refractivity contribution is 6.46. The predicted octanol–water partition coefficient (Wildman–Crippen LogP) is 4.92. The Labute approximate surface area is 203 Å². The second-order valence-electron chi connectivity index (χ2n) is 8.80. The molecule has 6 nitrogen and oxygen atoms in total. The summed E-state index contributed by atoms with van der Waals surface area (Å²) in [5.41, 5.74) is 3.16. The summed E-state index contributed by atoms with van der Waals surface area (Å²) in [6.45, 7) is 0.199. The number of fused-ring (bicyclic) bond motifs is 1. The number of hydrogen-bond donors (Lipinski definition) is 1. The van der Waals surface area contributed by atoms with Gasteiger partial charge in [0.25, 0.3) is 11.7 Å². The van der Waals surface area contributed by atoms with E-state index in [1.54, 1.807) is 24.5 Å². The van der Waals surface area contributed by atoms with E-state index in [0.29, 0.717) is 5.56 Å². The van der Waals surface area contributed by atoms with Crippen molar-refractivity contribution in [3.8, 4) is 0 Å². The van der Waals surface area contributed by atoms with Gasteiger partial charge in [-0.1, -0.05) is 60.7 Å². The molecule has 1 saturated heterocycles. The van der Waals surface area contributed by atoms with E-state index in [2.05, 4.69) is 4.98 Å². The van der Waals surface area contributed by atoms with Gasteiger partial charge in [-0.05, 0) is 40.1 Å². The molecular weight excluding hydrogens is 438 g/mol. The third kappa shape index (κ3) is 4.04. The van der Waals surface area contributed by atoms with E-state index in [1.807, 2.05) is 85.7 Å². The van der Waals surface area contributed by atoms with Gasteiger partial charge in [0.15, 0.2) is 0 Å². The number of Topliss-reactive ketones (excluding diaryl/α,β-unsaturated/α-hetero) is 1. The van der Waals surface area contributed by atoms with E-state index in [0.717, 1.165) is 27.6 Å². The van der Waals surface area contributed by atoms with Crippen LogP contribution in [0, 0.1) is 0 Å². The SMILES string of the molecule is CN(C)c1ccc(C2/C(=C(/O)c3cccc4ccccc34)C(=O)C(=O)N2Cc2cccnc2)cc1. The molecule has 1 aliphatic heterocycles. The van der Waals surface area contributed by atoms with Crippen molar-refractivity contribution in [2.75, 3.05) is 19.0 Å². The first-order valence-corrected chi connectivity index (χ1v) is 11.4. The first kappa shape index (κ1) is 22.3. The Bertz CT molecular complexity index is 1440. The van der Waals surface area contributed by atoms with Crippen molar-refractivity contribution in [3.63, 3.8) is 0 Å². The fraction of sp³-hybridized carbons (Fsp3) is 0.138. The lowest BCUT2D eigenvalue weighted by molar-refractivity contribution is -0.140. The van der Waals surface area contributed by atoms with E-state index in [1.165, 1.54) is 4.90 Å². The average Bonchev–Trinajstić information content (AvgIpc) is 3.13. The van der Waals surface area contributed by atoms with Crippen molar-refractivity contribution < 1.29 is 14.7 Å². The average molecular weight is 464 g/mol. The number of amides is 1. The first-order chi connectivity index (χ1) is 17.0. The number of aliphatic hydroxyl groups is 1. The number of aromatic nitrogens is 1. The van der Waals surface area contributed by atoms with E-state index in [4.69, 9.17) is 0 Å². The fourth-order valence-corrected chi connectivity index (χ4v) is 4.61. The van der Waals surface area contributed by atoms with Gasteiger partial charge in [0, 0.05) is 44.3 Å². The Kier molecular flexibility index (Phi) is 5.79. The summed E-state index contributed by atoms with van der Waals surface area (Å²) in [4.78, 5) is 34.3. The predicted molar refractivity (Wildman–Crippen MR) is 137 cm³/mol. The number of rotatable bonds is 5. The van der Waals surface area contributed by atoms with Crippen LogP contribution in [-0.4, -0.2) is 40.8 Å². The quantitative estimate of drug-likeness (QED) is 0.258. The molecule has 1 N–H and O–H groups in total. The summed E-state index contributed by atoms with van der Waals surface area (Å²) in [6, 6.07) is 23.8. The third-order valence-electron chi connectivity index (χ3n) is 6.39. The van der Waals surface area contributed by atoms with Crippen molar-refractivity contribution in [2.45, 2.75) is 12.6 Å². The molecule has 1 aliphatic rings. The molecule has 0 bridgehead atoms. The van der Waals surface area contributed by atoms with Crippen LogP contribution in [0.25, 0.3) is 16.5 Å². The number of pyridine rings is 1. The van der Waals surface area contributed by atoms with Crippen molar-refractivity contribution in [2.24, 2.45) is 0 Å². The van der Waals surface area contributed by atoms with Gasteiger partial charge in [0.2, 0.25) is 0 Å². The van der Waals surface area contributed by atoms with Gasteiger partial charge < -0.3 is 14.9 Å². The molecule has 0 spiro atoms. The molecule has 4 aromatic rings. The standard InChI is InChI=1S/C29H25N3O3/c1-31(2)22-14-12-21(13-15-22)26-25(27(33)24-11-5-9-20-8-3-4-10-23(20)24)28(34)29(35)32(26)18-19-7-6-16-30-17-19/h3-17,26,33H,18H2,1-2H3/b27-25-. The van der Waals surface area contributed by atoms with Crippen molar-refractivity contribution in [3.05, 3.63) is 114 Å². The monoisotopic (exact) mass is 463 g/mol. The molecule has 1 unspecified atom stereocenters. The van der Waals surface area contributed by atoms with Crippen LogP contribution < -0.4 is 4.90 Å². The second-order valence-corrected chi connectivity index (χ2v) is 8.80. The zero-order valence-electron chi connectivity index (χ0n) is 19.6. The summed E-state index contributed by atoms with van der Waals surface area (Å²) in [5.74, 6) is -1.51. The Morgan fingerprint density at radius 2 is 1.69 bits per heavy atom. The van der Waals surface area contributed by atoms with Gasteiger partial charge in [-0.3, -0.25) is 14.6 Å². The van der Waals surface area contributed by atoms with Crippen LogP contribution in [-0.2, 0) is 16.1 Å². The molecule has 0 saturated carbocycles. The van der Waals surface area contributed by atoms with Crippen LogP contribution in [0.3, 0.4) is 0 Å². The molecule has 1 aromatic heterocycles. The Morgan fingerprint density at radius 1 is 0.943 bits per heavy atom. The van der Waals surface area contributed by atoms with E-state index in [-0.39, 0.29) is 17.9 Å². The third-order valence-corrected chi connectivity index (χ3v) is 6.39. The zero-order valence-corrected chi connectivity index (χ0v) is 19.6. The van der Waals surface area contributed by atoms with Crippen molar-refractivity contribution in [1.82, 2.24) is 9.88 Å². The van der Waals surface area contributed by atoms with Crippen LogP contribution in [0.5, 0.6) is 0 Å². The minimum atomic E-state index is -0.731. The minimum Gasteiger partial charge on any atom is -0.507 e. The number of carbonyl (C=O) groups excluding carboxylic acids is 2. The highest BCUT2D eigenvalue weighted by Gasteiger charge is 2.46.